The molecule has 9 heteroatoms. The summed E-state index contributed by atoms with van der Waals surface area (Å²) in [6.45, 7) is 3.59. The molecule has 1 aliphatic heterocycles. The summed E-state index contributed by atoms with van der Waals surface area (Å²) < 4.78 is 43.3. The third-order valence-electron chi connectivity index (χ3n) is 4.20. The van der Waals surface area contributed by atoms with Gasteiger partial charge in [0.05, 0.1) is 19.3 Å². The molecule has 27 heavy (non-hydrogen) atoms. The van der Waals surface area contributed by atoms with Crippen LogP contribution < -0.4 is 0 Å². The Morgan fingerprint density at radius 1 is 1.33 bits per heavy atom. The van der Waals surface area contributed by atoms with Crippen molar-refractivity contribution in [1.82, 2.24) is 4.90 Å². The summed E-state index contributed by atoms with van der Waals surface area (Å²) in [5.74, 6) is -6.07. The predicted molar refractivity (Wildman–Crippen MR) is 89.9 cm³/mol. The van der Waals surface area contributed by atoms with Gasteiger partial charge < -0.3 is 19.3 Å². The lowest BCUT2D eigenvalue weighted by Gasteiger charge is -2.35. The van der Waals surface area contributed by atoms with Gasteiger partial charge in [0.2, 0.25) is 0 Å². The predicted octanol–water partition coefficient (Wildman–Crippen LogP) is 2.32. The number of aliphatic hydroxyl groups excluding tert-OH is 1. The van der Waals surface area contributed by atoms with E-state index in [2.05, 4.69) is 4.74 Å². The van der Waals surface area contributed by atoms with Crippen molar-refractivity contribution in [1.29, 1.82) is 0 Å². The van der Waals surface area contributed by atoms with Gasteiger partial charge in [-0.2, -0.15) is 8.78 Å². The molecule has 1 saturated heterocycles. The van der Waals surface area contributed by atoms with Crippen molar-refractivity contribution >= 4 is 12.1 Å². The minimum absolute atomic E-state index is 0.0800. The molecule has 1 aromatic carbocycles. The first-order valence-electron chi connectivity index (χ1n) is 8.48. The Kier molecular flexibility index (Phi) is 6.38. The van der Waals surface area contributed by atoms with Crippen molar-refractivity contribution < 1.29 is 37.7 Å². The average Bonchev–Trinajstić information content (AvgIpc) is 2.95. The topological polar surface area (TPSA) is 85.3 Å². The number of benzene rings is 1. The fourth-order valence-corrected chi connectivity index (χ4v) is 2.80. The highest BCUT2D eigenvalue weighted by atomic mass is 19.3. The fraction of sp³-hybridized carbons (Fsp3) is 0.556. The number of rotatable bonds is 6. The van der Waals surface area contributed by atoms with Gasteiger partial charge in [0, 0.05) is 0 Å². The van der Waals surface area contributed by atoms with E-state index in [4.69, 9.17) is 9.47 Å². The number of amides is 1. The van der Waals surface area contributed by atoms with Gasteiger partial charge in [-0.05, 0) is 26.3 Å². The number of nitrogens with zero attached hydrogens (tertiary/aromatic N) is 1. The van der Waals surface area contributed by atoms with Crippen LogP contribution in [0.25, 0.3) is 0 Å². The minimum Gasteiger partial charge on any atom is -0.461 e. The molecule has 7 nitrogen and oxygen atoms in total. The molecule has 1 amide bonds. The number of hydrogen-bond acceptors (Lipinski definition) is 6. The van der Waals surface area contributed by atoms with Crippen LogP contribution in [-0.2, 0) is 25.6 Å². The van der Waals surface area contributed by atoms with Crippen LogP contribution >= 0.6 is 0 Å². The van der Waals surface area contributed by atoms with Crippen LogP contribution in [-0.4, -0.2) is 59.1 Å². The Bertz CT molecular complexity index is 667. The van der Waals surface area contributed by atoms with E-state index in [-0.39, 0.29) is 19.8 Å². The molecule has 1 fully saturated rings. The fourth-order valence-electron chi connectivity index (χ4n) is 2.80. The molecule has 1 aliphatic rings. The maximum absolute atomic E-state index is 14.2. The number of carbonyl (C=O) groups excluding carboxylic acids is 2. The molecule has 0 radical (unpaired) electrons. The number of aliphatic hydroxyl groups is 1. The van der Waals surface area contributed by atoms with Gasteiger partial charge in [-0.15, -0.1) is 0 Å². The highest BCUT2D eigenvalue weighted by Gasteiger charge is 2.58. The lowest BCUT2D eigenvalue weighted by Crippen LogP contribution is -2.58. The van der Waals surface area contributed by atoms with Crippen LogP contribution in [0, 0.1) is 0 Å². The van der Waals surface area contributed by atoms with E-state index in [1.807, 2.05) is 0 Å². The molecule has 150 valence electrons. The standard InChI is InChI=1S/C18H23F2NO6/c1-4-25-15(23)18(19,20)14(22)13-11-27-17(2,3)21(13)16(24)26-10-12-8-6-5-7-9-12/h5-9,13-14,22H,4,10-11H2,1-3H3/t13-,14?/m1/s1. The average molecular weight is 387 g/mol. The largest absolute Gasteiger partial charge is 0.461 e. The molecule has 0 aromatic heterocycles. The Labute approximate surface area is 155 Å². The number of esters is 1. The highest BCUT2D eigenvalue weighted by Crippen LogP contribution is 2.35. The van der Waals surface area contributed by atoms with Gasteiger partial charge in [0.15, 0.2) is 6.10 Å². The highest BCUT2D eigenvalue weighted by molar-refractivity contribution is 5.79. The van der Waals surface area contributed by atoms with Crippen LogP contribution in [0.4, 0.5) is 13.6 Å². The summed E-state index contributed by atoms with van der Waals surface area (Å²) in [5, 5.41) is 10.1. The van der Waals surface area contributed by atoms with Gasteiger partial charge in [0.1, 0.15) is 12.3 Å². The second kappa shape index (κ2) is 8.18. The molecule has 1 heterocycles. The SMILES string of the molecule is CCOC(=O)C(F)(F)C(O)[C@H]1COC(C)(C)N1C(=O)OCc1ccccc1. The third-order valence-corrected chi connectivity index (χ3v) is 4.20. The molecular formula is C18H23F2NO6. The molecule has 0 aliphatic carbocycles. The number of carbonyl (C=O) groups is 2. The summed E-state index contributed by atoms with van der Waals surface area (Å²) in [7, 11) is 0. The summed E-state index contributed by atoms with van der Waals surface area (Å²) in [6.07, 6.45) is -3.45. The van der Waals surface area contributed by atoms with Gasteiger partial charge in [-0.1, -0.05) is 30.3 Å². The smallest absolute Gasteiger partial charge is 0.412 e. The Hall–Kier alpha value is -2.26. The monoisotopic (exact) mass is 387 g/mol. The molecule has 2 rings (SSSR count). The molecular weight excluding hydrogens is 364 g/mol. The zero-order valence-electron chi connectivity index (χ0n) is 15.4. The molecule has 1 aromatic rings. The minimum atomic E-state index is -4.21. The first-order chi connectivity index (χ1) is 12.6. The van der Waals surface area contributed by atoms with Gasteiger partial charge >= 0.3 is 18.0 Å². The van der Waals surface area contributed by atoms with Crippen LogP contribution in [0.15, 0.2) is 30.3 Å². The lowest BCUT2D eigenvalue weighted by atomic mass is 10.0. The van der Waals surface area contributed by atoms with Crippen molar-refractivity contribution in [2.45, 2.75) is 51.2 Å². The van der Waals surface area contributed by atoms with E-state index in [0.29, 0.717) is 5.56 Å². The maximum atomic E-state index is 14.2. The number of halogens is 2. The van der Waals surface area contributed by atoms with E-state index in [1.54, 1.807) is 30.3 Å². The van der Waals surface area contributed by atoms with Gasteiger partial charge in [0.25, 0.3) is 0 Å². The quantitative estimate of drug-likeness (QED) is 0.754. The van der Waals surface area contributed by atoms with E-state index in [1.165, 1.54) is 20.8 Å². The zero-order valence-corrected chi connectivity index (χ0v) is 15.4. The third kappa shape index (κ3) is 4.54. The van der Waals surface area contributed by atoms with Crippen LogP contribution in [0.5, 0.6) is 0 Å². The zero-order chi connectivity index (χ0) is 20.2. The van der Waals surface area contributed by atoms with Crippen molar-refractivity contribution in [3.8, 4) is 0 Å². The first-order valence-corrected chi connectivity index (χ1v) is 8.48. The number of hydrogen-bond donors (Lipinski definition) is 1. The van der Waals surface area contributed by atoms with E-state index >= 15 is 0 Å². The Morgan fingerprint density at radius 2 is 1.96 bits per heavy atom. The van der Waals surface area contributed by atoms with Crippen LogP contribution in [0.3, 0.4) is 0 Å². The second-order valence-electron chi connectivity index (χ2n) is 6.52. The Balaban J connectivity index is 2.15. The molecule has 1 N–H and O–H groups in total. The van der Waals surface area contributed by atoms with E-state index < -0.39 is 35.9 Å². The van der Waals surface area contributed by atoms with Gasteiger partial charge in [-0.3, -0.25) is 4.90 Å². The van der Waals surface area contributed by atoms with Crippen molar-refractivity contribution in [2.75, 3.05) is 13.2 Å². The lowest BCUT2D eigenvalue weighted by molar-refractivity contribution is -0.194. The number of alkyl halides is 2. The molecule has 2 atom stereocenters. The molecule has 0 spiro atoms. The van der Waals surface area contributed by atoms with E-state index in [0.717, 1.165) is 4.90 Å². The van der Waals surface area contributed by atoms with E-state index in [9.17, 15) is 23.5 Å². The maximum Gasteiger partial charge on any atom is 0.412 e. The van der Waals surface area contributed by atoms with Crippen LogP contribution in [0.1, 0.15) is 26.3 Å². The summed E-state index contributed by atoms with van der Waals surface area (Å²) in [5.41, 5.74) is -0.595. The molecule has 0 saturated carbocycles. The van der Waals surface area contributed by atoms with Crippen molar-refractivity contribution in [3.05, 3.63) is 35.9 Å². The Morgan fingerprint density at radius 3 is 2.56 bits per heavy atom. The van der Waals surface area contributed by atoms with Crippen LogP contribution in [0.2, 0.25) is 0 Å². The summed E-state index contributed by atoms with van der Waals surface area (Å²) >= 11 is 0. The first kappa shape index (κ1) is 21.0. The van der Waals surface area contributed by atoms with Crippen molar-refractivity contribution in [3.63, 3.8) is 0 Å². The summed E-state index contributed by atoms with van der Waals surface area (Å²) in [4.78, 5) is 24.9. The molecule has 0 bridgehead atoms. The normalized spacial score (nSPS) is 20.2. The summed E-state index contributed by atoms with van der Waals surface area (Å²) in [6, 6.07) is 7.31. The van der Waals surface area contributed by atoms with Gasteiger partial charge in [-0.25, -0.2) is 9.59 Å². The second-order valence-corrected chi connectivity index (χ2v) is 6.52. The molecule has 1 unspecified atom stereocenters. The van der Waals surface area contributed by atoms with Crippen molar-refractivity contribution in [2.24, 2.45) is 0 Å². The number of ether oxygens (including phenoxy) is 3.